The fourth-order valence-electron chi connectivity index (χ4n) is 0.749. The molecule has 0 bridgehead atoms. The van der Waals surface area contributed by atoms with Gasteiger partial charge in [0, 0.05) is 0 Å². The first-order valence-corrected chi connectivity index (χ1v) is 4.13. The Kier molecular flexibility index (Phi) is 3.27. The van der Waals surface area contributed by atoms with Crippen LogP contribution in [0.3, 0.4) is 0 Å². The molecule has 7 nitrogen and oxygen atoms in total. The molecule has 1 N–H and O–H groups in total. The molecule has 1 aromatic rings. The van der Waals surface area contributed by atoms with Gasteiger partial charge >= 0.3 is 12.0 Å². The number of anilines is 1. The molecule has 1 rings (SSSR count). The average molecular weight is 201 g/mol. The van der Waals surface area contributed by atoms with Gasteiger partial charge < -0.3 is 4.74 Å². The van der Waals surface area contributed by atoms with Crippen LogP contribution in [0.15, 0.2) is 10.7 Å². The van der Waals surface area contributed by atoms with Crippen LogP contribution < -0.4 is 15.1 Å². The second-order valence-corrected chi connectivity index (χ2v) is 2.68. The third kappa shape index (κ3) is 2.61. The van der Waals surface area contributed by atoms with Crippen molar-refractivity contribution < 1.29 is 18.8 Å². The van der Waals surface area contributed by atoms with Crippen LogP contribution in [0.5, 0.6) is 0 Å². The Labute approximate surface area is 81.2 Å². The number of nitrogens with zero attached hydrogens (tertiary/aromatic N) is 3. The lowest BCUT2D eigenvalue weighted by Crippen LogP contribution is -2.53. The molecule has 1 amide bonds. The number of hydrogen-bond donors (Lipinski definition) is 1. The number of amides is 1. The maximum absolute atomic E-state index is 10.9. The second kappa shape index (κ2) is 4.45. The fraction of sp³-hybridized carbons (Fsp3) is 0.571. The van der Waals surface area contributed by atoms with Gasteiger partial charge in [-0.25, -0.2) is 4.79 Å². The molecule has 0 unspecified atom stereocenters. The number of ether oxygens (including phenoxy) is 1. The molecule has 0 aliphatic rings. The van der Waals surface area contributed by atoms with E-state index in [4.69, 9.17) is 4.52 Å². The summed E-state index contributed by atoms with van der Waals surface area (Å²) in [4.78, 5) is 12.4. The molecule has 0 spiro atoms. The maximum atomic E-state index is 10.9. The van der Waals surface area contributed by atoms with Crippen molar-refractivity contribution in [2.24, 2.45) is 0 Å². The van der Waals surface area contributed by atoms with Gasteiger partial charge in [-0.1, -0.05) is 0 Å². The predicted octanol–water partition coefficient (Wildman–Crippen LogP) is -0.272. The van der Waals surface area contributed by atoms with Gasteiger partial charge in [0.1, 0.15) is 0 Å². The van der Waals surface area contributed by atoms with Crippen LogP contribution in [-0.2, 0) is 4.74 Å². The summed E-state index contributed by atoms with van der Waals surface area (Å²) < 4.78 is 9.46. The van der Waals surface area contributed by atoms with Crippen LogP contribution in [0.25, 0.3) is 0 Å². The lowest BCUT2D eigenvalue weighted by Gasteiger charge is -1.98. The summed E-state index contributed by atoms with van der Waals surface area (Å²) >= 11 is 0. The van der Waals surface area contributed by atoms with Crippen molar-refractivity contribution in [1.29, 1.82) is 0 Å². The minimum Gasteiger partial charge on any atom is -0.450 e. The van der Waals surface area contributed by atoms with Crippen LogP contribution in [0.4, 0.5) is 10.7 Å². The highest BCUT2D eigenvalue weighted by atomic mass is 16.6. The van der Waals surface area contributed by atoms with Gasteiger partial charge in [0.2, 0.25) is 5.27 Å². The number of rotatable bonds is 3. The van der Waals surface area contributed by atoms with Crippen molar-refractivity contribution in [2.45, 2.75) is 6.92 Å². The van der Waals surface area contributed by atoms with Gasteiger partial charge in [-0.15, -0.1) is 0 Å². The van der Waals surface area contributed by atoms with E-state index in [9.17, 15) is 4.79 Å². The van der Waals surface area contributed by atoms with Crippen LogP contribution in [0.1, 0.15) is 6.92 Å². The van der Waals surface area contributed by atoms with Crippen molar-refractivity contribution in [1.82, 2.24) is 5.27 Å². The summed E-state index contributed by atoms with van der Waals surface area (Å²) in [5.74, 6) is 0.233. The Morgan fingerprint density at radius 1 is 1.79 bits per heavy atom. The zero-order valence-electron chi connectivity index (χ0n) is 8.35. The Morgan fingerprint density at radius 3 is 3.00 bits per heavy atom. The van der Waals surface area contributed by atoms with E-state index in [-0.39, 0.29) is 5.88 Å². The normalized spacial score (nSPS) is 9.64. The van der Waals surface area contributed by atoms with E-state index in [1.165, 1.54) is 11.0 Å². The highest BCUT2D eigenvalue weighted by Gasteiger charge is 2.15. The Morgan fingerprint density at radius 2 is 2.50 bits per heavy atom. The molecule has 1 heterocycles. The van der Waals surface area contributed by atoms with Gasteiger partial charge in [-0.3, -0.25) is 9.84 Å². The predicted molar refractivity (Wildman–Crippen MR) is 47.4 cm³/mol. The summed E-state index contributed by atoms with van der Waals surface area (Å²) in [5.41, 5.74) is 0. The number of hydrogen-bond acceptors (Lipinski definition) is 5. The van der Waals surface area contributed by atoms with E-state index in [0.29, 0.717) is 6.61 Å². The average Bonchev–Trinajstić information content (AvgIpc) is 2.53. The van der Waals surface area contributed by atoms with E-state index < -0.39 is 6.09 Å². The van der Waals surface area contributed by atoms with Gasteiger partial charge in [0.05, 0.1) is 25.5 Å². The number of carbonyl (C=O) groups is 1. The van der Waals surface area contributed by atoms with Gasteiger partial charge in [0.25, 0.3) is 6.20 Å². The number of aromatic nitrogens is 2. The van der Waals surface area contributed by atoms with Crippen molar-refractivity contribution in [3.63, 3.8) is 0 Å². The summed E-state index contributed by atoms with van der Waals surface area (Å²) in [6.45, 7) is 2.04. The molecule has 0 aliphatic heterocycles. The lowest BCUT2D eigenvalue weighted by molar-refractivity contribution is -0.753. The summed E-state index contributed by atoms with van der Waals surface area (Å²) in [6.07, 6.45) is 0.964. The minimum atomic E-state index is -0.561. The summed E-state index contributed by atoms with van der Waals surface area (Å²) in [7, 11) is 3.58. The largest absolute Gasteiger partial charge is 0.450 e. The summed E-state index contributed by atoms with van der Waals surface area (Å²) in [6, 6.07) is 0. The van der Waals surface area contributed by atoms with E-state index in [1.54, 1.807) is 26.0 Å². The number of carbonyl (C=O) groups excluding carboxylic acids is 1. The van der Waals surface area contributed by atoms with E-state index in [0.717, 1.165) is 0 Å². The van der Waals surface area contributed by atoms with E-state index in [1.807, 2.05) is 0 Å². The molecule has 14 heavy (non-hydrogen) atoms. The molecule has 1 aromatic heterocycles. The third-order valence-corrected chi connectivity index (χ3v) is 1.37. The Balaban J connectivity index is 2.55. The van der Waals surface area contributed by atoms with E-state index >= 15 is 0 Å². The smallest absolute Gasteiger partial charge is 0.414 e. The third-order valence-electron chi connectivity index (χ3n) is 1.37. The van der Waals surface area contributed by atoms with Crippen molar-refractivity contribution >= 4 is 12.0 Å². The van der Waals surface area contributed by atoms with Crippen molar-refractivity contribution in [3.05, 3.63) is 6.20 Å². The lowest BCUT2D eigenvalue weighted by atomic mass is 10.7. The number of nitrogens with one attached hydrogen (secondary N) is 1. The molecule has 78 valence electrons. The highest BCUT2D eigenvalue weighted by Crippen LogP contribution is 2.00. The van der Waals surface area contributed by atoms with Crippen LogP contribution in [-0.4, -0.2) is 32.1 Å². The zero-order valence-corrected chi connectivity index (χ0v) is 8.35. The molecule has 0 aromatic carbocycles. The van der Waals surface area contributed by atoms with Crippen molar-refractivity contribution in [2.75, 3.05) is 31.0 Å². The topological polar surface area (TPSA) is 71.5 Å². The van der Waals surface area contributed by atoms with E-state index in [2.05, 4.69) is 15.3 Å². The first-order valence-electron chi connectivity index (χ1n) is 4.13. The first-order chi connectivity index (χ1) is 6.63. The summed E-state index contributed by atoms with van der Waals surface area (Å²) in [5, 5.41) is 7.69. The SMILES string of the molecule is CCOC(=O)Nc1c[n+](N(C)C)no1. The molecule has 0 saturated heterocycles. The monoisotopic (exact) mass is 201 g/mol. The molecule has 0 atom stereocenters. The van der Waals surface area contributed by atoms with Gasteiger partial charge in [-0.2, -0.15) is 5.01 Å². The molecule has 0 radical (unpaired) electrons. The molecule has 0 aliphatic carbocycles. The Bertz CT molecular complexity index is 310. The van der Waals surface area contributed by atoms with Gasteiger partial charge in [-0.05, 0) is 6.92 Å². The van der Waals surface area contributed by atoms with Crippen molar-refractivity contribution in [3.8, 4) is 0 Å². The fourth-order valence-corrected chi connectivity index (χ4v) is 0.749. The molecule has 0 fully saturated rings. The molecule has 7 heteroatoms. The van der Waals surface area contributed by atoms with Crippen LogP contribution in [0.2, 0.25) is 0 Å². The minimum absolute atomic E-state index is 0.233. The maximum Gasteiger partial charge on any atom is 0.414 e. The highest BCUT2D eigenvalue weighted by molar-refractivity contribution is 5.82. The van der Waals surface area contributed by atoms with Crippen LogP contribution >= 0.6 is 0 Å². The molecular formula is C7H13N4O3+. The standard InChI is InChI=1S/C7H12N4O3/c1-4-13-7(12)8-6-5-11(9-14-6)10(2)3/h5H,4H2,1-3H3/p+1. The molecular weight excluding hydrogens is 188 g/mol. The first kappa shape index (κ1) is 10.3. The van der Waals surface area contributed by atoms with Crippen LogP contribution in [0, 0.1) is 0 Å². The quantitative estimate of drug-likeness (QED) is 0.681. The Hall–Kier alpha value is -1.79. The van der Waals surface area contributed by atoms with Gasteiger partial charge in [0.15, 0.2) is 0 Å². The zero-order chi connectivity index (χ0) is 10.6. The second-order valence-electron chi connectivity index (χ2n) is 2.68. The molecule has 0 saturated carbocycles.